The van der Waals surface area contributed by atoms with Crippen LogP contribution in [-0.2, 0) is 16.0 Å². The third-order valence-electron chi connectivity index (χ3n) is 5.03. The van der Waals surface area contributed by atoms with E-state index in [1.807, 2.05) is 50.3 Å². The number of rotatable bonds is 14. The van der Waals surface area contributed by atoms with E-state index in [0.717, 1.165) is 11.1 Å². The molecule has 0 spiro atoms. The fourth-order valence-electron chi connectivity index (χ4n) is 3.08. The van der Waals surface area contributed by atoms with Gasteiger partial charge >= 0.3 is 0 Å². The van der Waals surface area contributed by atoms with Gasteiger partial charge < -0.3 is 27.2 Å². The highest BCUT2D eigenvalue weighted by Gasteiger charge is 2.26. The zero-order valence-electron chi connectivity index (χ0n) is 19.2. The van der Waals surface area contributed by atoms with Crippen molar-refractivity contribution >= 4 is 11.8 Å². The van der Waals surface area contributed by atoms with E-state index in [2.05, 4.69) is 23.8 Å². The molecule has 0 fully saturated rings. The Morgan fingerprint density at radius 1 is 1.09 bits per heavy atom. The Hall–Kier alpha value is -2.74. The first-order valence-electron chi connectivity index (χ1n) is 10.8. The van der Waals surface area contributed by atoms with Gasteiger partial charge in [-0.15, -0.1) is 0 Å². The molecule has 7 N–H and O–H groups in total. The van der Waals surface area contributed by atoms with Gasteiger partial charge in [-0.2, -0.15) is 0 Å². The number of allylic oxidation sites excluding steroid dienone is 3. The molecule has 32 heavy (non-hydrogen) atoms. The molecular weight excluding hydrogens is 404 g/mol. The molecule has 3 atom stereocenters. The monoisotopic (exact) mass is 442 g/mol. The molecule has 0 aliphatic heterocycles. The minimum Gasteiger partial charge on any atom is -0.382 e. The van der Waals surface area contributed by atoms with E-state index < -0.39 is 23.5 Å². The van der Waals surface area contributed by atoms with Gasteiger partial charge in [0.1, 0.15) is 6.10 Å². The predicted molar refractivity (Wildman–Crippen MR) is 130 cm³/mol. The molecule has 0 saturated carbocycles. The minimum atomic E-state index is -1.32. The molecule has 0 aliphatic rings. The van der Waals surface area contributed by atoms with Crippen molar-refractivity contribution in [2.75, 3.05) is 13.1 Å². The summed E-state index contributed by atoms with van der Waals surface area (Å²) in [6, 6.07) is 8.42. The molecule has 7 heteroatoms. The molecule has 3 unspecified atom stereocenters. The summed E-state index contributed by atoms with van der Waals surface area (Å²) in [6.07, 6.45) is 4.96. The van der Waals surface area contributed by atoms with Crippen LogP contribution in [0, 0.1) is 5.41 Å². The Morgan fingerprint density at radius 2 is 1.72 bits per heavy atom. The third kappa shape index (κ3) is 10.5. The van der Waals surface area contributed by atoms with Gasteiger partial charge in [-0.3, -0.25) is 9.59 Å². The summed E-state index contributed by atoms with van der Waals surface area (Å²) < 4.78 is 0. The van der Waals surface area contributed by atoms with E-state index in [4.69, 9.17) is 11.5 Å². The van der Waals surface area contributed by atoms with Crippen molar-refractivity contribution < 1.29 is 14.7 Å². The first kappa shape index (κ1) is 27.3. The quantitative estimate of drug-likeness (QED) is 0.279. The lowest BCUT2D eigenvalue weighted by atomic mass is 9.92. The van der Waals surface area contributed by atoms with Gasteiger partial charge in [0.15, 0.2) is 0 Å². The van der Waals surface area contributed by atoms with Crippen LogP contribution in [0.4, 0.5) is 0 Å². The second-order valence-electron chi connectivity index (χ2n) is 8.81. The van der Waals surface area contributed by atoms with Gasteiger partial charge in [-0.1, -0.05) is 75.6 Å². The normalized spacial score (nSPS) is 14.7. The summed E-state index contributed by atoms with van der Waals surface area (Å²) in [5.74, 6) is -0.690. The van der Waals surface area contributed by atoms with Gasteiger partial charge in [0, 0.05) is 31.6 Å². The highest BCUT2D eigenvalue weighted by molar-refractivity contribution is 5.81. The molecule has 0 heterocycles. The second-order valence-corrected chi connectivity index (χ2v) is 8.81. The number of hydrogen-bond donors (Lipinski definition) is 5. The molecular formula is C25H38N4O3. The number of hydrogen-bond acceptors (Lipinski definition) is 5. The van der Waals surface area contributed by atoms with Crippen LogP contribution in [0.25, 0.3) is 0 Å². The van der Waals surface area contributed by atoms with Crippen molar-refractivity contribution in [1.82, 2.24) is 10.6 Å². The predicted octanol–water partition coefficient (Wildman–Crippen LogP) is 1.58. The summed E-state index contributed by atoms with van der Waals surface area (Å²) in [5, 5.41) is 15.8. The molecule has 1 rings (SSSR count). The smallest absolute Gasteiger partial charge is 0.250 e. The highest BCUT2D eigenvalue weighted by Crippen LogP contribution is 2.13. The zero-order chi connectivity index (χ0) is 24.1. The Labute approximate surface area is 191 Å². The number of benzene rings is 1. The van der Waals surface area contributed by atoms with Crippen LogP contribution in [0.2, 0.25) is 0 Å². The first-order valence-corrected chi connectivity index (χ1v) is 10.8. The summed E-state index contributed by atoms with van der Waals surface area (Å²) in [6.45, 7) is 11.8. The van der Waals surface area contributed by atoms with Crippen LogP contribution in [0.15, 0.2) is 67.3 Å². The number of nitrogens with one attached hydrogen (secondary N) is 2. The standard InChI is InChI=1S/C25H38N4O3/c1-5-10-18(6-2)13-20(26)15-22(30)28-16-25(3,4)17-29-24(32)23(31)21(27)14-19-11-8-7-9-12-19/h5-12,20-21,23,31H,1-2,13-17,26-27H2,3-4H3,(H,28,30)(H,29,32)/b18-10+. The lowest BCUT2D eigenvalue weighted by Gasteiger charge is -2.27. The van der Waals surface area contributed by atoms with Crippen molar-refractivity contribution in [3.63, 3.8) is 0 Å². The van der Waals surface area contributed by atoms with E-state index in [0.29, 0.717) is 19.4 Å². The van der Waals surface area contributed by atoms with Crippen molar-refractivity contribution in [1.29, 1.82) is 0 Å². The largest absolute Gasteiger partial charge is 0.382 e. The molecule has 1 aromatic carbocycles. The van der Waals surface area contributed by atoms with Crippen molar-refractivity contribution in [2.45, 2.75) is 51.3 Å². The Morgan fingerprint density at radius 3 is 2.31 bits per heavy atom. The molecule has 1 aromatic rings. The number of aliphatic hydroxyl groups excluding tert-OH is 1. The van der Waals surface area contributed by atoms with Crippen LogP contribution >= 0.6 is 0 Å². The van der Waals surface area contributed by atoms with Crippen molar-refractivity contribution in [3.8, 4) is 0 Å². The minimum absolute atomic E-state index is 0.163. The Kier molecular flexibility index (Phi) is 11.6. The fourth-order valence-corrected chi connectivity index (χ4v) is 3.08. The molecule has 0 aromatic heterocycles. The molecule has 0 aliphatic carbocycles. The second kappa shape index (κ2) is 13.6. The topological polar surface area (TPSA) is 130 Å². The van der Waals surface area contributed by atoms with Gasteiger partial charge in [0.2, 0.25) is 11.8 Å². The summed E-state index contributed by atoms with van der Waals surface area (Å²) >= 11 is 0. The maximum Gasteiger partial charge on any atom is 0.250 e. The Balaban J connectivity index is 2.42. The maximum absolute atomic E-state index is 12.3. The number of carbonyl (C=O) groups excluding carboxylic acids is 2. The highest BCUT2D eigenvalue weighted by atomic mass is 16.3. The van der Waals surface area contributed by atoms with Gasteiger partial charge in [-0.05, 0) is 29.4 Å². The van der Waals surface area contributed by atoms with E-state index in [1.54, 1.807) is 12.2 Å². The van der Waals surface area contributed by atoms with E-state index in [9.17, 15) is 14.7 Å². The van der Waals surface area contributed by atoms with Crippen LogP contribution < -0.4 is 22.1 Å². The number of nitrogens with two attached hydrogens (primary N) is 2. The van der Waals surface area contributed by atoms with Crippen LogP contribution in [0.5, 0.6) is 0 Å². The van der Waals surface area contributed by atoms with Gasteiger partial charge in [-0.25, -0.2) is 0 Å². The zero-order valence-corrected chi connectivity index (χ0v) is 19.2. The molecule has 2 amide bonds. The number of carbonyl (C=O) groups is 2. The lowest BCUT2D eigenvalue weighted by molar-refractivity contribution is -0.130. The van der Waals surface area contributed by atoms with Crippen LogP contribution in [0.1, 0.15) is 32.3 Å². The summed E-state index contributed by atoms with van der Waals surface area (Å²) in [5.41, 5.74) is 13.5. The van der Waals surface area contributed by atoms with Crippen molar-refractivity contribution in [2.24, 2.45) is 16.9 Å². The average Bonchev–Trinajstić information content (AvgIpc) is 2.76. The number of amides is 2. The van der Waals surface area contributed by atoms with E-state index >= 15 is 0 Å². The Bertz CT molecular complexity index is 790. The molecule has 0 radical (unpaired) electrons. The average molecular weight is 443 g/mol. The molecule has 7 nitrogen and oxygen atoms in total. The molecule has 176 valence electrons. The van der Waals surface area contributed by atoms with Gasteiger partial charge in [0.25, 0.3) is 0 Å². The fraction of sp³-hybridized carbons (Fsp3) is 0.440. The van der Waals surface area contributed by atoms with Crippen LogP contribution in [0.3, 0.4) is 0 Å². The van der Waals surface area contributed by atoms with Crippen molar-refractivity contribution in [3.05, 3.63) is 72.9 Å². The first-order chi connectivity index (χ1) is 15.1. The summed E-state index contributed by atoms with van der Waals surface area (Å²) in [4.78, 5) is 24.6. The lowest BCUT2D eigenvalue weighted by Crippen LogP contribution is -2.50. The van der Waals surface area contributed by atoms with Crippen LogP contribution in [-0.4, -0.2) is 48.2 Å². The molecule has 0 bridgehead atoms. The van der Waals surface area contributed by atoms with E-state index in [1.165, 1.54) is 0 Å². The van der Waals surface area contributed by atoms with Gasteiger partial charge in [0.05, 0.1) is 0 Å². The molecule has 0 saturated heterocycles. The SMILES string of the molecule is C=C/C=C(\C=C)CC(N)CC(=O)NCC(C)(C)CNC(=O)C(O)C(N)Cc1ccccc1. The maximum atomic E-state index is 12.3. The summed E-state index contributed by atoms with van der Waals surface area (Å²) in [7, 11) is 0. The van der Waals surface area contributed by atoms with E-state index in [-0.39, 0.29) is 24.9 Å². The number of aliphatic hydroxyl groups is 1. The third-order valence-corrected chi connectivity index (χ3v) is 5.03.